The highest BCUT2D eigenvalue weighted by Crippen LogP contribution is 2.28. The zero-order chi connectivity index (χ0) is 12.5. The summed E-state index contributed by atoms with van der Waals surface area (Å²) in [5, 5.41) is 9.49. The summed E-state index contributed by atoms with van der Waals surface area (Å²) in [6, 6.07) is 7.56. The third-order valence-corrected chi connectivity index (χ3v) is 3.83. The number of thiazole rings is 1. The Bertz CT molecular complexity index is 628. The van der Waals surface area contributed by atoms with Crippen molar-refractivity contribution >= 4 is 22.3 Å². The van der Waals surface area contributed by atoms with Crippen molar-refractivity contribution in [1.82, 2.24) is 9.97 Å². The summed E-state index contributed by atoms with van der Waals surface area (Å²) >= 11 is 1.53. The van der Waals surface area contributed by atoms with Crippen molar-refractivity contribution in [1.29, 1.82) is 5.26 Å². The minimum absolute atomic E-state index is 0.446. The smallest absolute Gasteiger partial charge is 0.180 e. The Kier molecular flexibility index (Phi) is 2.61. The van der Waals surface area contributed by atoms with Crippen molar-refractivity contribution in [2.24, 2.45) is 0 Å². The summed E-state index contributed by atoms with van der Waals surface area (Å²) < 4.78 is 0. The van der Waals surface area contributed by atoms with Crippen LogP contribution in [-0.4, -0.2) is 16.5 Å². The number of nitrogens with two attached hydrogens (primary N) is 1. The van der Waals surface area contributed by atoms with Crippen molar-refractivity contribution in [3.05, 3.63) is 34.5 Å². The average molecular weight is 257 g/mol. The van der Waals surface area contributed by atoms with Crippen LogP contribution in [0.1, 0.15) is 16.3 Å². The summed E-state index contributed by atoms with van der Waals surface area (Å²) in [5.41, 5.74) is 7.27. The predicted octanol–water partition coefficient (Wildman–Crippen LogP) is 1.55. The molecule has 0 aliphatic carbocycles. The number of hydrogen-bond acceptors (Lipinski definition) is 6. The van der Waals surface area contributed by atoms with E-state index in [2.05, 4.69) is 20.9 Å². The van der Waals surface area contributed by atoms with Gasteiger partial charge >= 0.3 is 0 Å². The van der Waals surface area contributed by atoms with Gasteiger partial charge in [0.15, 0.2) is 5.13 Å². The Morgan fingerprint density at radius 3 is 3.11 bits per heavy atom. The quantitative estimate of drug-likeness (QED) is 0.838. The molecule has 0 spiro atoms. The molecular weight excluding hydrogens is 246 g/mol. The molecule has 5 nitrogen and oxygen atoms in total. The molecule has 3 heterocycles. The molecule has 3 rings (SSSR count). The third kappa shape index (κ3) is 1.89. The Labute approximate surface area is 109 Å². The van der Waals surface area contributed by atoms with Gasteiger partial charge in [0.05, 0.1) is 12.2 Å². The Morgan fingerprint density at radius 2 is 2.28 bits per heavy atom. The fourth-order valence-electron chi connectivity index (χ4n) is 2.07. The van der Waals surface area contributed by atoms with E-state index in [1.54, 1.807) is 6.07 Å². The maximum atomic E-state index is 8.87. The highest BCUT2D eigenvalue weighted by molar-refractivity contribution is 7.15. The normalized spacial score (nSPS) is 14.1. The molecular formula is C12H11N5S. The zero-order valence-electron chi connectivity index (χ0n) is 9.63. The molecule has 0 saturated carbocycles. The van der Waals surface area contributed by atoms with Gasteiger partial charge in [0.1, 0.15) is 17.6 Å². The molecule has 0 saturated heterocycles. The van der Waals surface area contributed by atoms with Crippen LogP contribution in [0.5, 0.6) is 0 Å². The van der Waals surface area contributed by atoms with Crippen LogP contribution in [0.2, 0.25) is 0 Å². The second-order valence-corrected chi connectivity index (χ2v) is 5.20. The number of rotatable bonds is 1. The lowest BCUT2D eigenvalue weighted by Gasteiger charge is -2.27. The number of nitriles is 1. The van der Waals surface area contributed by atoms with Crippen LogP contribution < -0.4 is 10.6 Å². The number of hydrogen-bond donors (Lipinski definition) is 1. The molecule has 90 valence electrons. The van der Waals surface area contributed by atoms with E-state index in [9.17, 15) is 0 Å². The molecule has 0 fully saturated rings. The van der Waals surface area contributed by atoms with Gasteiger partial charge in [-0.15, -0.1) is 11.3 Å². The van der Waals surface area contributed by atoms with E-state index in [4.69, 9.17) is 11.0 Å². The van der Waals surface area contributed by atoms with E-state index in [0.717, 1.165) is 31.0 Å². The maximum Gasteiger partial charge on any atom is 0.180 e. The first-order valence-corrected chi connectivity index (χ1v) is 6.44. The van der Waals surface area contributed by atoms with Crippen molar-refractivity contribution in [3.8, 4) is 6.07 Å². The van der Waals surface area contributed by atoms with E-state index >= 15 is 0 Å². The summed E-state index contributed by atoms with van der Waals surface area (Å²) in [4.78, 5) is 12.0. The molecule has 6 heteroatoms. The van der Waals surface area contributed by atoms with Crippen LogP contribution in [0, 0.1) is 11.3 Å². The van der Waals surface area contributed by atoms with E-state index in [1.807, 2.05) is 12.1 Å². The van der Waals surface area contributed by atoms with Crippen LogP contribution >= 0.6 is 11.3 Å². The van der Waals surface area contributed by atoms with E-state index in [1.165, 1.54) is 16.2 Å². The molecule has 0 unspecified atom stereocenters. The first-order valence-electron chi connectivity index (χ1n) is 5.62. The molecule has 18 heavy (non-hydrogen) atoms. The SMILES string of the molecule is N#Cc1cccc(N2CCc3nc(N)sc3C2)n1. The van der Waals surface area contributed by atoms with Gasteiger partial charge < -0.3 is 10.6 Å². The van der Waals surface area contributed by atoms with E-state index in [-0.39, 0.29) is 0 Å². The third-order valence-electron chi connectivity index (χ3n) is 2.92. The van der Waals surface area contributed by atoms with Crippen LogP contribution in [0.3, 0.4) is 0 Å². The molecule has 2 aromatic heterocycles. The van der Waals surface area contributed by atoms with Gasteiger partial charge in [-0.2, -0.15) is 5.26 Å². The fraction of sp³-hybridized carbons (Fsp3) is 0.250. The van der Waals surface area contributed by atoms with Crippen LogP contribution in [0.25, 0.3) is 0 Å². The van der Waals surface area contributed by atoms with Crippen molar-refractivity contribution in [2.45, 2.75) is 13.0 Å². The Hall–Kier alpha value is -2.13. The number of nitrogen functional groups attached to an aromatic ring is 1. The molecule has 0 aromatic carbocycles. The average Bonchev–Trinajstić information content (AvgIpc) is 2.77. The number of fused-ring (bicyclic) bond motifs is 1. The lowest BCUT2D eigenvalue weighted by Crippen LogP contribution is -2.30. The van der Waals surface area contributed by atoms with Crippen LogP contribution in [-0.2, 0) is 13.0 Å². The molecule has 0 bridgehead atoms. The molecule has 0 radical (unpaired) electrons. The second kappa shape index (κ2) is 4.27. The largest absolute Gasteiger partial charge is 0.375 e. The number of anilines is 2. The number of pyridine rings is 1. The highest BCUT2D eigenvalue weighted by Gasteiger charge is 2.21. The van der Waals surface area contributed by atoms with Gasteiger partial charge in [-0.3, -0.25) is 0 Å². The van der Waals surface area contributed by atoms with E-state index < -0.39 is 0 Å². The topological polar surface area (TPSA) is 78.8 Å². The maximum absolute atomic E-state index is 8.87. The van der Waals surface area contributed by atoms with Crippen molar-refractivity contribution < 1.29 is 0 Å². The fourth-order valence-corrected chi connectivity index (χ4v) is 2.97. The highest BCUT2D eigenvalue weighted by atomic mass is 32.1. The summed E-state index contributed by atoms with van der Waals surface area (Å²) in [6.07, 6.45) is 0.876. The summed E-state index contributed by atoms with van der Waals surface area (Å²) in [6.45, 7) is 1.63. The Morgan fingerprint density at radius 1 is 1.39 bits per heavy atom. The summed E-state index contributed by atoms with van der Waals surface area (Å²) in [7, 11) is 0. The monoisotopic (exact) mass is 257 g/mol. The van der Waals surface area contributed by atoms with E-state index in [0.29, 0.717) is 10.8 Å². The van der Waals surface area contributed by atoms with Crippen molar-refractivity contribution in [2.75, 3.05) is 17.2 Å². The molecule has 2 aromatic rings. The lowest BCUT2D eigenvalue weighted by atomic mass is 10.2. The van der Waals surface area contributed by atoms with Gasteiger partial charge in [-0.25, -0.2) is 9.97 Å². The van der Waals surface area contributed by atoms with Gasteiger partial charge in [-0.05, 0) is 12.1 Å². The van der Waals surface area contributed by atoms with Gasteiger partial charge in [0.2, 0.25) is 0 Å². The number of aromatic nitrogens is 2. The van der Waals surface area contributed by atoms with Gasteiger partial charge in [-0.1, -0.05) is 6.07 Å². The standard InChI is InChI=1S/C12H11N5S/c13-6-8-2-1-3-11(15-8)17-5-4-9-10(7-17)18-12(14)16-9/h1-3H,4-5,7H2,(H2,14,16). The minimum atomic E-state index is 0.446. The Balaban J connectivity index is 1.89. The number of nitrogens with zero attached hydrogens (tertiary/aromatic N) is 4. The first kappa shape index (κ1) is 11.0. The molecule has 0 amide bonds. The van der Waals surface area contributed by atoms with Gasteiger partial charge in [0.25, 0.3) is 0 Å². The predicted molar refractivity (Wildman–Crippen MR) is 70.2 cm³/mol. The van der Waals surface area contributed by atoms with Crippen molar-refractivity contribution in [3.63, 3.8) is 0 Å². The van der Waals surface area contributed by atoms with Crippen LogP contribution in [0.15, 0.2) is 18.2 Å². The summed E-state index contributed by atoms with van der Waals surface area (Å²) in [5.74, 6) is 0.840. The first-order chi connectivity index (χ1) is 8.76. The molecule has 1 aliphatic rings. The molecule has 2 N–H and O–H groups in total. The minimum Gasteiger partial charge on any atom is -0.375 e. The lowest BCUT2D eigenvalue weighted by molar-refractivity contribution is 0.718. The molecule has 0 atom stereocenters. The second-order valence-electron chi connectivity index (χ2n) is 4.09. The zero-order valence-corrected chi connectivity index (χ0v) is 10.4. The molecule has 1 aliphatic heterocycles. The van der Waals surface area contributed by atoms with Crippen LogP contribution in [0.4, 0.5) is 10.9 Å². The van der Waals surface area contributed by atoms with Gasteiger partial charge in [0, 0.05) is 17.8 Å².